The number of nitro benzene ring substituents is 2. The molecule has 144 valence electrons. The van der Waals surface area contributed by atoms with Gasteiger partial charge in [-0.2, -0.15) is 0 Å². The lowest BCUT2D eigenvalue weighted by molar-refractivity contribution is -0.394. The number of hydrogen-bond acceptors (Lipinski definition) is 6. The summed E-state index contributed by atoms with van der Waals surface area (Å²) < 4.78 is 12.9. The molecule has 10 heteroatoms. The first-order valence-corrected chi connectivity index (χ1v) is 9.41. The number of amides is 1. The van der Waals surface area contributed by atoms with Crippen LogP contribution in [0.15, 0.2) is 76.5 Å². The Bertz CT molecular complexity index is 1140. The third kappa shape index (κ3) is 3.05. The van der Waals surface area contributed by atoms with Gasteiger partial charge in [0.1, 0.15) is 0 Å². The molecule has 1 aliphatic heterocycles. The van der Waals surface area contributed by atoms with E-state index in [-0.39, 0.29) is 5.56 Å². The average Bonchev–Trinajstić information content (AvgIpc) is 2.73. The monoisotopic (exact) mass is 409 g/mol. The topological polar surface area (TPSA) is 124 Å². The lowest BCUT2D eigenvalue weighted by atomic mass is 10.1. The predicted octanol–water partition coefficient (Wildman–Crippen LogP) is 3.96. The molecule has 0 aromatic heterocycles. The quantitative estimate of drug-likeness (QED) is 0.476. The third-order valence-electron chi connectivity index (χ3n) is 4.39. The molecule has 0 saturated carbocycles. The maximum Gasteiger partial charge on any atom is 0.277 e. The Morgan fingerprint density at radius 3 is 1.69 bits per heavy atom. The summed E-state index contributed by atoms with van der Waals surface area (Å²) in [5.74, 6) is -0.701. The van der Waals surface area contributed by atoms with Gasteiger partial charge in [0.2, 0.25) is 0 Å². The molecule has 1 amide bonds. The van der Waals surface area contributed by atoms with Gasteiger partial charge in [0.25, 0.3) is 17.3 Å². The van der Waals surface area contributed by atoms with Gasteiger partial charge >= 0.3 is 0 Å². The number of carbonyl (C=O) groups excluding carboxylic acids is 1. The van der Waals surface area contributed by atoms with Crippen molar-refractivity contribution in [2.24, 2.45) is 0 Å². The predicted molar refractivity (Wildman–Crippen MR) is 104 cm³/mol. The van der Waals surface area contributed by atoms with E-state index < -0.39 is 37.9 Å². The van der Waals surface area contributed by atoms with Crippen molar-refractivity contribution in [2.75, 3.05) is 4.90 Å². The summed E-state index contributed by atoms with van der Waals surface area (Å²) in [4.78, 5) is 36.2. The molecule has 0 radical (unpaired) electrons. The van der Waals surface area contributed by atoms with E-state index in [1.807, 2.05) is 0 Å². The van der Waals surface area contributed by atoms with Crippen molar-refractivity contribution in [2.45, 2.75) is 9.79 Å². The van der Waals surface area contributed by atoms with Crippen LogP contribution in [0.3, 0.4) is 0 Å². The van der Waals surface area contributed by atoms with Gasteiger partial charge in [-0.25, -0.2) is 4.21 Å². The SMILES string of the molecule is O=C(c1cc([N+](=O)[O-])cc([N+](=O)[O-])c1)N1c2ccccc2S(=O)c2ccccc21. The minimum atomic E-state index is -1.52. The van der Waals surface area contributed by atoms with Crippen LogP contribution in [0.5, 0.6) is 0 Å². The molecule has 1 aliphatic rings. The summed E-state index contributed by atoms with van der Waals surface area (Å²) >= 11 is 0. The fraction of sp³-hybridized carbons (Fsp3) is 0. The number of anilines is 2. The summed E-state index contributed by atoms with van der Waals surface area (Å²) in [6.07, 6.45) is 0. The van der Waals surface area contributed by atoms with Gasteiger partial charge in [-0.3, -0.25) is 29.9 Å². The highest BCUT2D eigenvalue weighted by Gasteiger charge is 2.33. The Morgan fingerprint density at radius 2 is 1.24 bits per heavy atom. The van der Waals surface area contributed by atoms with Crippen LogP contribution in [-0.4, -0.2) is 20.0 Å². The highest BCUT2D eigenvalue weighted by atomic mass is 32.2. The Balaban J connectivity index is 1.93. The minimum Gasteiger partial charge on any atom is -0.275 e. The number of hydrogen-bond donors (Lipinski definition) is 0. The van der Waals surface area contributed by atoms with E-state index in [4.69, 9.17) is 0 Å². The molecule has 0 saturated heterocycles. The van der Waals surface area contributed by atoms with Crippen molar-refractivity contribution in [1.29, 1.82) is 0 Å². The van der Waals surface area contributed by atoms with Gasteiger partial charge in [0.05, 0.1) is 53.4 Å². The normalized spacial score (nSPS) is 12.8. The smallest absolute Gasteiger partial charge is 0.275 e. The van der Waals surface area contributed by atoms with E-state index in [9.17, 15) is 29.2 Å². The molecular formula is C19H11N3O6S. The second-order valence-electron chi connectivity index (χ2n) is 6.10. The summed E-state index contributed by atoms with van der Waals surface area (Å²) in [7, 11) is -1.52. The first-order chi connectivity index (χ1) is 13.9. The molecule has 0 atom stereocenters. The molecule has 0 bridgehead atoms. The Morgan fingerprint density at radius 1 is 0.793 bits per heavy atom. The van der Waals surface area contributed by atoms with Crippen LogP contribution in [0.25, 0.3) is 0 Å². The largest absolute Gasteiger partial charge is 0.277 e. The van der Waals surface area contributed by atoms with E-state index in [0.717, 1.165) is 18.2 Å². The molecule has 0 aliphatic carbocycles. The van der Waals surface area contributed by atoms with E-state index in [0.29, 0.717) is 21.2 Å². The van der Waals surface area contributed by atoms with Gasteiger partial charge in [-0.05, 0) is 24.3 Å². The molecule has 1 heterocycles. The zero-order chi connectivity index (χ0) is 20.7. The molecule has 0 fully saturated rings. The standard InChI is InChI=1S/C19H11N3O6S/c23-19(12-9-13(21(24)25)11-14(10-12)22(26)27)20-15-5-1-3-7-17(15)29(28)18-8-4-2-6-16(18)20/h1-11H. The Labute approximate surface area is 166 Å². The summed E-state index contributed by atoms with van der Waals surface area (Å²) in [6, 6.07) is 15.9. The lowest BCUT2D eigenvalue weighted by Crippen LogP contribution is -2.30. The molecular weight excluding hydrogens is 398 g/mol. The van der Waals surface area contributed by atoms with Crippen LogP contribution in [0.4, 0.5) is 22.7 Å². The van der Waals surface area contributed by atoms with Crippen molar-refractivity contribution >= 4 is 39.5 Å². The summed E-state index contributed by atoms with van der Waals surface area (Å²) in [5, 5.41) is 22.4. The maximum atomic E-state index is 13.4. The average molecular weight is 409 g/mol. The molecule has 29 heavy (non-hydrogen) atoms. The highest BCUT2D eigenvalue weighted by Crippen LogP contribution is 2.42. The second-order valence-corrected chi connectivity index (χ2v) is 7.51. The van der Waals surface area contributed by atoms with E-state index in [1.165, 1.54) is 4.90 Å². The molecule has 0 unspecified atom stereocenters. The first kappa shape index (κ1) is 18.4. The van der Waals surface area contributed by atoms with Crippen LogP contribution in [-0.2, 0) is 10.8 Å². The van der Waals surface area contributed by atoms with Crippen molar-refractivity contribution < 1.29 is 18.9 Å². The number of rotatable bonds is 3. The van der Waals surface area contributed by atoms with Gasteiger partial charge < -0.3 is 0 Å². The summed E-state index contributed by atoms with van der Waals surface area (Å²) in [5.41, 5.74) is -0.648. The maximum absolute atomic E-state index is 13.4. The number of fused-ring (bicyclic) bond motifs is 2. The molecule has 9 nitrogen and oxygen atoms in total. The fourth-order valence-corrected chi connectivity index (χ4v) is 4.46. The van der Waals surface area contributed by atoms with Crippen LogP contribution < -0.4 is 4.90 Å². The molecule has 3 aromatic carbocycles. The van der Waals surface area contributed by atoms with Crippen molar-refractivity contribution in [3.8, 4) is 0 Å². The Kier molecular flexibility index (Phi) is 4.40. The molecule has 4 rings (SSSR count). The zero-order valence-electron chi connectivity index (χ0n) is 14.6. The van der Waals surface area contributed by atoms with Crippen molar-refractivity contribution in [3.63, 3.8) is 0 Å². The van der Waals surface area contributed by atoms with E-state index >= 15 is 0 Å². The van der Waals surface area contributed by atoms with Crippen molar-refractivity contribution in [3.05, 3.63) is 92.5 Å². The molecule has 0 N–H and O–H groups in total. The molecule has 0 spiro atoms. The Hall–Kier alpha value is -3.92. The van der Waals surface area contributed by atoms with Crippen molar-refractivity contribution in [1.82, 2.24) is 0 Å². The second kappa shape index (κ2) is 6.91. The van der Waals surface area contributed by atoms with Gasteiger partial charge in [-0.1, -0.05) is 24.3 Å². The zero-order valence-corrected chi connectivity index (χ0v) is 15.4. The van der Waals surface area contributed by atoms with Crippen LogP contribution >= 0.6 is 0 Å². The van der Waals surface area contributed by atoms with Crippen LogP contribution in [0.1, 0.15) is 10.4 Å². The van der Waals surface area contributed by atoms with E-state index in [2.05, 4.69) is 0 Å². The molecule has 3 aromatic rings. The van der Waals surface area contributed by atoms with Gasteiger partial charge in [0.15, 0.2) is 0 Å². The number of nitro groups is 2. The highest BCUT2D eigenvalue weighted by molar-refractivity contribution is 7.85. The number of nitrogens with zero attached hydrogens (tertiary/aromatic N) is 3. The number of benzene rings is 3. The summed E-state index contributed by atoms with van der Waals surface area (Å²) in [6.45, 7) is 0. The third-order valence-corrected chi connectivity index (χ3v) is 5.88. The number of non-ortho nitro benzene ring substituents is 2. The van der Waals surface area contributed by atoms with Gasteiger partial charge in [-0.15, -0.1) is 0 Å². The van der Waals surface area contributed by atoms with E-state index in [1.54, 1.807) is 48.5 Å². The fourth-order valence-electron chi connectivity index (χ4n) is 3.12. The minimum absolute atomic E-state index is 0.219. The number of para-hydroxylation sites is 2. The first-order valence-electron chi connectivity index (χ1n) is 8.26. The van der Waals surface area contributed by atoms with Crippen LogP contribution in [0, 0.1) is 20.2 Å². The van der Waals surface area contributed by atoms with Crippen LogP contribution in [0.2, 0.25) is 0 Å². The lowest BCUT2D eigenvalue weighted by Gasteiger charge is -2.30. The number of carbonyl (C=O) groups is 1. The van der Waals surface area contributed by atoms with Gasteiger partial charge in [0, 0.05) is 12.1 Å².